The molecule has 3 rings (SSSR count). The maximum Gasteiger partial charge on any atom is 0.246 e. The first-order chi connectivity index (χ1) is 14.3. The number of aromatic nitrogens is 2. The summed E-state index contributed by atoms with van der Waals surface area (Å²) in [7, 11) is 6.94. The van der Waals surface area contributed by atoms with Gasteiger partial charge in [-0.1, -0.05) is 6.07 Å². The molecule has 1 N–H and O–H groups in total. The lowest BCUT2D eigenvalue weighted by Gasteiger charge is -2.36. The van der Waals surface area contributed by atoms with Crippen LogP contribution in [0.15, 0.2) is 35.6 Å². The average molecular weight is 419 g/mol. The molecule has 2 heterocycles. The van der Waals surface area contributed by atoms with Crippen LogP contribution in [0.4, 0.5) is 14.5 Å². The second-order valence-electron chi connectivity index (χ2n) is 7.38. The van der Waals surface area contributed by atoms with Gasteiger partial charge in [-0.2, -0.15) is 5.10 Å². The molecule has 0 bridgehead atoms. The highest BCUT2D eigenvalue weighted by Crippen LogP contribution is 2.24. The zero-order valence-electron chi connectivity index (χ0n) is 17.6. The van der Waals surface area contributed by atoms with E-state index < -0.39 is 17.7 Å². The van der Waals surface area contributed by atoms with Crippen molar-refractivity contribution in [2.45, 2.75) is 6.04 Å². The summed E-state index contributed by atoms with van der Waals surface area (Å²) < 4.78 is 30.2. The summed E-state index contributed by atoms with van der Waals surface area (Å²) in [4.78, 5) is 22.2. The number of aryl methyl sites for hydroxylation is 1. The Morgan fingerprint density at radius 1 is 1.30 bits per heavy atom. The monoisotopic (exact) mass is 419 g/mol. The van der Waals surface area contributed by atoms with Gasteiger partial charge in [-0.25, -0.2) is 8.78 Å². The third-order valence-corrected chi connectivity index (χ3v) is 5.14. The molecule has 2 aromatic rings. The number of nitrogens with zero attached hydrogens (tertiary/aromatic N) is 6. The van der Waals surface area contributed by atoms with Crippen molar-refractivity contribution in [1.29, 1.82) is 0 Å². The third kappa shape index (κ3) is 4.59. The molecule has 1 aliphatic heterocycles. The molecule has 0 aliphatic carbocycles. The Morgan fingerprint density at radius 3 is 2.53 bits per heavy atom. The van der Waals surface area contributed by atoms with Crippen LogP contribution in [0, 0.1) is 11.6 Å². The first kappa shape index (κ1) is 21.7. The van der Waals surface area contributed by atoms with Gasteiger partial charge in [0.2, 0.25) is 5.91 Å². The molecule has 1 saturated heterocycles. The predicted octanol–water partition coefficient (Wildman–Crippen LogP) is 1.23. The first-order valence-corrected chi connectivity index (χ1v) is 9.66. The van der Waals surface area contributed by atoms with E-state index in [1.54, 1.807) is 55.1 Å². The Hall–Kier alpha value is -3.01. The molecule has 8 nitrogen and oxygen atoms in total. The zero-order chi connectivity index (χ0) is 21.8. The molecular formula is C20H27F2N7O. The molecular weight excluding hydrogens is 392 g/mol. The highest BCUT2D eigenvalue weighted by atomic mass is 19.1. The van der Waals surface area contributed by atoms with Crippen molar-refractivity contribution in [3.63, 3.8) is 0 Å². The van der Waals surface area contributed by atoms with Crippen molar-refractivity contribution in [2.24, 2.45) is 12.0 Å². The standard InChI is InChI=1S/C20H27F2N7O/c1-23-20(24-11-17(26(2)3)19-15(21)6-5-7-16(19)22)28-8-9-29(18(30)13-28)14-10-25-27(4)12-14/h5-7,10,12,17H,8-9,11,13H2,1-4H3,(H,23,24). The number of anilines is 1. The number of amides is 1. The van der Waals surface area contributed by atoms with Gasteiger partial charge in [-0.15, -0.1) is 0 Å². The maximum absolute atomic E-state index is 14.3. The van der Waals surface area contributed by atoms with Crippen molar-refractivity contribution in [1.82, 2.24) is 24.9 Å². The van der Waals surface area contributed by atoms with Gasteiger partial charge in [-0.3, -0.25) is 14.5 Å². The lowest BCUT2D eigenvalue weighted by Crippen LogP contribution is -2.56. The van der Waals surface area contributed by atoms with Crippen LogP contribution in [-0.4, -0.2) is 78.8 Å². The molecule has 10 heteroatoms. The Bertz CT molecular complexity index is 907. The first-order valence-electron chi connectivity index (χ1n) is 9.66. The summed E-state index contributed by atoms with van der Waals surface area (Å²) >= 11 is 0. The summed E-state index contributed by atoms with van der Waals surface area (Å²) in [5.41, 5.74) is 0.760. The van der Waals surface area contributed by atoms with Crippen molar-refractivity contribution in [3.05, 3.63) is 47.8 Å². The Labute approximate surface area is 174 Å². The fraction of sp³-hybridized carbons (Fsp3) is 0.450. The number of nitrogens with one attached hydrogen (secondary N) is 1. The number of hydrogen-bond donors (Lipinski definition) is 1. The summed E-state index contributed by atoms with van der Waals surface area (Å²) in [5.74, 6) is -0.740. The highest BCUT2D eigenvalue weighted by Gasteiger charge is 2.29. The number of piperazine rings is 1. The number of carbonyl (C=O) groups is 1. The number of benzene rings is 1. The van der Waals surface area contributed by atoms with E-state index in [1.165, 1.54) is 18.2 Å². The van der Waals surface area contributed by atoms with Crippen molar-refractivity contribution >= 4 is 17.6 Å². The molecule has 1 aliphatic rings. The lowest BCUT2D eigenvalue weighted by molar-refractivity contribution is -0.120. The van der Waals surface area contributed by atoms with Crippen LogP contribution in [0.2, 0.25) is 0 Å². The van der Waals surface area contributed by atoms with Crippen LogP contribution < -0.4 is 10.2 Å². The average Bonchev–Trinajstić information content (AvgIpc) is 3.12. The van der Waals surface area contributed by atoms with E-state index in [4.69, 9.17) is 0 Å². The van der Waals surface area contributed by atoms with Crippen molar-refractivity contribution in [2.75, 3.05) is 52.2 Å². The Morgan fingerprint density at radius 2 is 2.00 bits per heavy atom. The number of guanidine groups is 1. The van der Waals surface area contributed by atoms with Crippen LogP contribution in [0.3, 0.4) is 0 Å². The van der Waals surface area contributed by atoms with E-state index >= 15 is 0 Å². The number of rotatable bonds is 5. The molecule has 1 atom stereocenters. The smallest absolute Gasteiger partial charge is 0.246 e. The summed E-state index contributed by atoms with van der Waals surface area (Å²) in [6.07, 6.45) is 3.45. The number of hydrogen-bond acceptors (Lipinski definition) is 4. The van der Waals surface area contributed by atoms with Gasteiger partial charge in [0, 0.05) is 45.5 Å². The van der Waals surface area contributed by atoms with Crippen LogP contribution >= 0.6 is 0 Å². The molecule has 0 saturated carbocycles. The normalized spacial score (nSPS) is 16.4. The zero-order valence-corrected chi connectivity index (χ0v) is 17.6. The van der Waals surface area contributed by atoms with Gasteiger partial charge in [0.05, 0.1) is 17.9 Å². The number of carbonyl (C=O) groups excluding carboxylic acids is 1. The quantitative estimate of drug-likeness (QED) is 0.583. The maximum atomic E-state index is 14.3. The molecule has 1 fully saturated rings. The van der Waals surface area contributed by atoms with Gasteiger partial charge in [-0.05, 0) is 26.2 Å². The van der Waals surface area contributed by atoms with Crippen molar-refractivity contribution in [3.8, 4) is 0 Å². The van der Waals surface area contributed by atoms with Crippen LogP contribution in [0.5, 0.6) is 0 Å². The minimum Gasteiger partial charge on any atom is -0.354 e. The largest absolute Gasteiger partial charge is 0.354 e. The molecule has 0 radical (unpaired) electrons. The van der Waals surface area contributed by atoms with E-state index in [1.807, 2.05) is 4.90 Å². The molecule has 1 aromatic carbocycles. The lowest BCUT2D eigenvalue weighted by atomic mass is 10.0. The SMILES string of the molecule is CN=C(NCC(c1c(F)cccc1F)N(C)C)N1CCN(c2cnn(C)c2)C(=O)C1. The predicted molar refractivity (Wildman–Crippen MR) is 111 cm³/mol. The number of likely N-dealkylation sites (N-methyl/N-ethyl adjacent to an activating group) is 1. The number of aliphatic imine (C=N–C) groups is 1. The van der Waals surface area contributed by atoms with E-state index in [9.17, 15) is 13.6 Å². The highest BCUT2D eigenvalue weighted by molar-refractivity contribution is 5.98. The second kappa shape index (κ2) is 9.21. The van der Waals surface area contributed by atoms with Crippen LogP contribution in [0.25, 0.3) is 0 Å². The van der Waals surface area contributed by atoms with Gasteiger partial charge >= 0.3 is 0 Å². The van der Waals surface area contributed by atoms with Gasteiger partial charge < -0.3 is 20.0 Å². The summed E-state index contributed by atoms with van der Waals surface area (Å²) in [6, 6.07) is 3.30. The summed E-state index contributed by atoms with van der Waals surface area (Å²) in [5, 5.41) is 7.28. The molecule has 1 amide bonds. The van der Waals surface area contributed by atoms with Crippen LogP contribution in [0.1, 0.15) is 11.6 Å². The molecule has 0 spiro atoms. The molecule has 162 valence electrons. The van der Waals surface area contributed by atoms with Gasteiger partial charge in [0.15, 0.2) is 5.96 Å². The van der Waals surface area contributed by atoms with Gasteiger partial charge in [0.1, 0.15) is 18.2 Å². The molecule has 30 heavy (non-hydrogen) atoms. The van der Waals surface area contributed by atoms with E-state index in [2.05, 4.69) is 15.4 Å². The summed E-state index contributed by atoms with van der Waals surface area (Å²) in [6.45, 7) is 1.44. The minimum absolute atomic E-state index is 0.00271. The minimum atomic E-state index is -0.592. The second-order valence-corrected chi connectivity index (χ2v) is 7.38. The van der Waals surface area contributed by atoms with Gasteiger partial charge in [0.25, 0.3) is 0 Å². The topological polar surface area (TPSA) is 69.0 Å². The van der Waals surface area contributed by atoms with E-state index in [0.717, 1.165) is 5.69 Å². The fourth-order valence-electron chi connectivity index (χ4n) is 3.57. The van der Waals surface area contributed by atoms with E-state index in [-0.39, 0.29) is 24.6 Å². The van der Waals surface area contributed by atoms with Crippen LogP contribution in [-0.2, 0) is 11.8 Å². The Balaban J connectivity index is 1.67. The molecule has 1 aromatic heterocycles. The fourth-order valence-corrected chi connectivity index (χ4v) is 3.57. The third-order valence-electron chi connectivity index (χ3n) is 5.14. The Kier molecular flexibility index (Phi) is 6.66. The van der Waals surface area contributed by atoms with Crippen molar-refractivity contribution < 1.29 is 13.6 Å². The number of halogens is 2. The van der Waals surface area contributed by atoms with E-state index in [0.29, 0.717) is 19.0 Å². The molecule has 1 unspecified atom stereocenters.